The first-order valence-corrected chi connectivity index (χ1v) is 9.02. The van der Waals surface area contributed by atoms with Gasteiger partial charge in [-0.25, -0.2) is 4.79 Å². The van der Waals surface area contributed by atoms with Crippen molar-refractivity contribution in [1.82, 2.24) is 0 Å². The maximum absolute atomic E-state index is 12.8. The van der Waals surface area contributed by atoms with Crippen LogP contribution in [0.3, 0.4) is 0 Å². The minimum atomic E-state index is -1.22. The molecule has 0 atom stereocenters. The maximum atomic E-state index is 12.8. The van der Waals surface area contributed by atoms with Crippen molar-refractivity contribution in [2.45, 2.75) is 0 Å². The summed E-state index contributed by atoms with van der Waals surface area (Å²) in [7, 11) is 4.19. The van der Waals surface area contributed by atoms with E-state index < -0.39 is 11.9 Å². The molecule has 1 amide bonds. The van der Waals surface area contributed by atoms with Gasteiger partial charge in [0, 0.05) is 12.1 Å². The van der Waals surface area contributed by atoms with Crippen LogP contribution in [0.4, 0.5) is 5.69 Å². The normalized spacial score (nSPS) is 11.1. The average molecular weight is 407 g/mol. The first-order chi connectivity index (χ1) is 14.5. The van der Waals surface area contributed by atoms with Crippen LogP contribution in [-0.2, 0) is 9.53 Å². The molecule has 2 N–H and O–H groups in total. The number of carbonyl (C=O) groups is 2. The summed E-state index contributed by atoms with van der Waals surface area (Å²) in [5, 5.41) is 14.2. The van der Waals surface area contributed by atoms with Crippen LogP contribution in [0.2, 0.25) is 0 Å². The van der Waals surface area contributed by atoms with Crippen LogP contribution in [0.1, 0.15) is 15.9 Å². The van der Waals surface area contributed by atoms with Crippen LogP contribution >= 0.6 is 0 Å². The molecule has 3 aromatic carbocycles. The first-order valence-electron chi connectivity index (χ1n) is 9.02. The number of amides is 1. The Morgan fingerprint density at radius 2 is 1.57 bits per heavy atom. The zero-order valence-electron chi connectivity index (χ0n) is 16.8. The molecule has 0 spiro atoms. The number of anilines is 1. The second-order valence-electron chi connectivity index (χ2n) is 6.33. The van der Waals surface area contributed by atoms with Crippen LogP contribution in [0, 0.1) is 0 Å². The lowest BCUT2D eigenvalue weighted by molar-refractivity contribution is -0.115. The van der Waals surface area contributed by atoms with Gasteiger partial charge in [0.25, 0.3) is 5.91 Å². The highest BCUT2D eigenvalue weighted by Gasteiger charge is 2.20. The zero-order valence-corrected chi connectivity index (χ0v) is 16.8. The van der Waals surface area contributed by atoms with E-state index >= 15 is 0 Å². The highest BCUT2D eigenvalue weighted by Crippen LogP contribution is 2.33. The van der Waals surface area contributed by atoms with Crippen molar-refractivity contribution < 1.29 is 28.9 Å². The SMILES string of the molecule is CO/C(=C/c1ccc2ccccc2c1)C(=O)Nc1cc(OC)c(OC)cc1C(=O)O. The van der Waals surface area contributed by atoms with Gasteiger partial charge in [-0.2, -0.15) is 0 Å². The molecule has 0 saturated carbocycles. The molecule has 0 aromatic heterocycles. The maximum Gasteiger partial charge on any atom is 0.337 e. The third-order valence-corrected chi connectivity index (χ3v) is 4.52. The topological polar surface area (TPSA) is 94.1 Å². The predicted molar refractivity (Wildman–Crippen MR) is 114 cm³/mol. The molecule has 0 aliphatic rings. The third kappa shape index (κ3) is 4.35. The van der Waals surface area contributed by atoms with E-state index in [0.717, 1.165) is 16.3 Å². The summed E-state index contributed by atoms with van der Waals surface area (Å²) in [6, 6.07) is 16.3. The highest BCUT2D eigenvalue weighted by atomic mass is 16.5. The Labute approximate surface area is 173 Å². The summed E-state index contributed by atoms with van der Waals surface area (Å²) in [5.41, 5.74) is 0.695. The molecular formula is C23H21NO6. The standard InChI is InChI=1S/C23H21NO6/c1-28-19-12-17(23(26)27)18(13-20(19)29-2)24-22(25)21(30-3)11-14-8-9-15-6-4-5-7-16(15)10-14/h4-13H,1-3H3,(H,24,25)(H,26,27)/b21-11+. The molecule has 7 heteroatoms. The average Bonchev–Trinajstić information content (AvgIpc) is 2.76. The molecule has 0 aliphatic heterocycles. The number of rotatable bonds is 7. The van der Waals surface area contributed by atoms with E-state index in [1.165, 1.54) is 33.5 Å². The molecule has 0 fully saturated rings. The molecule has 0 radical (unpaired) electrons. The van der Waals surface area contributed by atoms with E-state index in [1.54, 1.807) is 6.08 Å². The van der Waals surface area contributed by atoms with Gasteiger partial charge in [-0.05, 0) is 28.5 Å². The summed E-state index contributed by atoms with van der Waals surface area (Å²) in [6.07, 6.45) is 1.59. The van der Waals surface area contributed by atoms with Gasteiger partial charge in [-0.3, -0.25) is 4.79 Å². The van der Waals surface area contributed by atoms with E-state index in [-0.39, 0.29) is 28.5 Å². The number of aromatic carboxylic acids is 1. The second-order valence-corrected chi connectivity index (χ2v) is 6.33. The molecule has 30 heavy (non-hydrogen) atoms. The van der Waals surface area contributed by atoms with E-state index in [2.05, 4.69) is 5.32 Å². The highest BCUT2D eigenvalue weighted by molar-refractivity contribution is 6.08. The quantitative estimate of drug-likeness (QED) is 0.451. The Morgan fingerprint density at radius 3 is 2.20 bits per heavy atom. The second kappa shape index (κ2) is 9.00. The zero-order chi connectivity index (χ0) is 21.7. The third-order valence-electron chi connectivity index (χ3n) is 4.52. The van der Waals surface area contributed by atoms with E-state index in [9.17, 15) is 14.7 Å². The van der Waals surface area contributed by atoms with Crippen LogP contribution in [0.15, 0.2) is 60.4 Å². The fourth-order valence-electron chi connectivity index (χ4n) is 3.01. The largest absolute Gasteiger partial charge is 0.493 e. The summed E-state index contributed by atoms with van der Waals surface area (Å²) in [4.78, 5) is 24.4. The number of fused-ring (bicyclic) bond motifs is 1. The lowest BCUT2D eigenvalue weighted by atomic mass is 10.1. The molecule has 154 valence electrons. The van der Waals surface area contributed by atoms with Gasteiger partial charge >= 0.3 is 5.97 Å². The number of methoxy groups -OCH3 is 3. The molecule has 7 nitrogen and oxygen atoms in total. The van der Waals surface area contributed by atoms with Gasteiger partial charge in [0.1, 0.15) is 0 Å². The molecule has 3 rings (SSSR count). The monoisotopic (exact) mass is 407 g/mol. The summed E-state index contributed by atoms with van der Waals surface area (Å²) in [6.45, 7) is 0. The Bertz CT molecular complexity index is 1140. The molecule has 0 heterocycles. The molecule has 0 aliphatic carbocycles. The van der Waals surface area contributed by atoms with Gasteiger partial charge in [-0.15, -0.1) is 0 Å². The summed E-state index contributed by atoms with van der Waals surface area (Å²) in [5.74, 6) is -1.26. The van der Waals surface area contributed by atoms with Crippen LogP contribution in [0.5, 0.6) is 11.5 Å². The van der Waals surface area contributed by atoms with E-state index in [0.29, 0.717) is 0 Å². The smallest absolute Gasteiger partial charge is 0.337 e. The number of hydrogen-bond donors (Lipinski definition) is 2. The van der Waals surface area contributed by atoms with Crippen molar-refractivity contribution >= 4 is 34.4 Å². The number of benzene rings is 3. The molecule has 0 unspecified atom stereocenters. The summed E-state index contributed by atoms with van der Waals surface area (Å²) < 4.78 is 15.6. The number of hydrogen-bond acceptors (Lipinski definition) is 5. The van der Waals surface area contributed by atoms with Crippen molar-refractivity contribution in [3.05, 3.63) is 71.5 Å². The fourth-order valence-corrected chi connectivity index (χ4v) is 3.01. The minimum Gasteiger partial charge on any atom is -0.493 e. The molecule has 3 aromatic rings. The van der Waals surface area contributed by atoms with Crippen molar-refractivity contribution in [3.8, 4) is 11.5 Å². The van der Waals surface area contributed by atoms with E-state index in [4.69, 9.17) is 14.2 Å². The van der Waals surface area contributed by atoms with Crippen molar-refractivity contribution in [1.29, 1.82) is 0 Å². The molecular weight excluding hydrogens is 386 g/mol. The van der Waals surface area contributed by atoms with Crippen LogP contribution in [0.25, 0.3) is 16.8 Å². The summed E-state index contributed by atoms with van der Waals surface area (Å²) >= 11 is 0. The Hall–Kier alpha value is -4.00. The number of ether oxygens (including phenoxy) is 3. The number of nitrogens with one attached hydrogen (secondary N) is 1. The van der Waals surface area contributed by atoms with Crippen molar-refractivity contribution in [3.63, 3.8) is 0 Å². The number of carbonyl (C=O) groups excluding carboxylic acids is 1. The van der Waals surface area contributed by atoms with Crippen LogP contribution < -0.4 is 14.8 Å². The predicted octanol–water partition coefficient (Wildman–Crippen LogP) is 4.18. The van der Waals surface area contributed by atoms with Gasteiger partial charge in [-0.1, -0.05) is 36.4 Å². The van der Waals surface area contributed by atoms with Gasteiger partial charge in [0.15, 0.2) is 17.3 Å². The molecule has 0 bridgehead atoms. The fraction of sp³-hybridized carbons (Fsp3) is 0.130. The molecule has 0 saturated heterocycles. The van der Waals surface area contributed by atoms with Crippen molar-refractivity contribution in [2.75, 3.05) is 26.6 Å². The first kappa shape index (κ1) is 20.7. The van der Waals surface area contributed by atoms with E-state index in [1.807, 2.05) is 42.5 Å². The van der Waals surface area contributed by atoms with Gasteiger partial charge in [0.2, 0.25) is 0 Å². The minimum absolute atomic E-state index is 0.0244. The Morgan fingerprint density at radius 1 is 0.900 bits per heavy atom. The van der Waals surface area contributed by atoms with Crippen molar-refractivity contribution in [2.24, 2.45) is 0 Å². The van der Waals surface area contributed by atoms with Gasteiger partial charge in [0.05, 0.1) is 32.6 Å². The number of carboxylic acids is 1. The Balaban J connectivity index is 1.94. The van der Waals surface area contributed by atoms with Gasteiger partial charge < -0.3 is 24.6 Å². The lowest BCUT2D eigenvalue weighted by Gasteiger charge is -2.14. The lowest BCUT2D eigenvalue weighted by Crippen LogP contribution is -2.18. The Kier molecular flexibility index (Phi) is 6.22. The van der Waals surface area contributed by atoms with Crippen LogP contribution in [-0.4, -0.2) is 38.3 Å². The number of carboxylic acid groups (broad SMARTS) is 1.